The summed E-state index contributed by atoms with van der Waals surface area (Å²) < 4.78 is 40.5. The molecule has 0 bridgehead atoms. The third kappa shape index (κ3) is 4.47. The second-order valence-electron chi connectivity index (χ2n) is 7.22. The van der Waals surface area contributed by atoms with E-state index >= 15 is 0 Å². The van der Waals surface area contributed by atoms with Gasteiger partial charge in [-0.2, -0.15) is 13.2 Å². The lowest BCUT2D eigenvalue weighted by Crippen LogP contribution is -2.14. The van der Waals surface area contributed by atoms with E-state index in [1.807, 2.05) is 36.7 Å². The quantitative estimate of drug-likeness (QED) is 0.455. The minimum absolute atomic E-state index is 0.179. The number of hydrogen-bond acceptors (Lipinski definition) is 3. The number of pyridine rings is 1. The number of alkyl halides is 3. The van der Waals surface area contributed by atoms with Crippen LogP contribution in [0.1, 0.15) is 32.6 Å². The highest BCUT2D eigenvalue weighted by molar-refractivity contribution is 6.04. The molecule has 0 spiro atoms. The van der Waals surface area contributed by atoms with Gasteiger partial charge in [0.15, 0.2) is 0 Å². The number of nitrogens with one attached hydrogen (secondary N) is 1. The molecule has 160 valence electrons. The van der Waals surface area contributed by atoms with Gasteiger partial charge in [-0.25, -0.2) is 9.97 Å². The van der Waals surface area contributed by atoms with Crippen molar-refractivity contribution in [3.05, 3.63) is 88.9 Å². The van der Waals surface area contributed by atoms with Crippen molar-refractivity contribution in [2.45, 2.75) is 13.1 Å². The van der Waals surface area contributed by atoms with Crippen molar-refractivity contribution in [2.24, 2.45) is 7.05 Å². The van der Waals surface area contributed by atoms with Crippen LogP contribution >= 0.6 is 0 Å². The number of carbonyl (C=O) groups is 1. The van der Waals surface area contributed by atoms with E-state index in [0.29, 0.717) is 5.56 Å². The van der Waals surface area contributed by atoms with Crippen LogP contribution in [0, 0.1) is 18.8 Å². The topological polar surface area (TPSA) is 59.8 Å². The Bertz CT molecular complexity index is 1390. The average molecular weight is 434 g/mol. The van der Waals surface area contributed by atoms with Crippen LogP contribution in [0.3, 0.4) is 0 Å². The van der Waals surface area contributed by atoms with Gasteiger partial charge in [0.1, 0.15) is 5.82 Å². The summed E-state index contributed by atoms with van der Waals surface area (Å²) in [5.74, 6) is 5.38. The first-order valence-electron chi connectivity index (χ1n) is 9.59. The summed E-state index contributed by atoms with van der Waals surface area (Å²) in [5, 5.41) is 2.40. The Morgan fingerprint density at radius 2 is 1.84 bits per heavy atom. The van der Waals surface area contributed by atoms with Crippen molar-refractivity contribution in [2.75, 3.05) is 5.32 Å². The minimum Gasteiger partial charge on any atom is -0.334 e. The molecule has 4 rings (SSSR count). The van der Waals surface area contributed by atoms with E-state index in [1.54, 1.807) is 24.5 Å². The van der Waals surface area contributed by atoms with Gasteiger partial charge in [-0.15, -0.1) is 0 Å². The van der Waals surface area contributed by atoms with Gasteiger partial charge in [-0.05, 0) is 55.0 Å². The van der Waals surface area contributed by atoms with E-state index in [2.05, 4.69) is 27.1 Å². The van der Waals surface area contributed by atoms with E-state index in [1.165, 1.54) is 0 Å². The Morgan fingerprint density at radius 3 is 2.62 bits per heavy atom. The first-order chi connectivity index (χ1) is 15.2. The maximum absolute atomic E-state index is 12.9. The molecule has 0 aliphatic heterocycles. The normalized spacial score (nSPS) is 11.2. The molecule has 0 aliphatic carbocycles. The van der Waals surface area contributed by atoms with Crippen molar-refractivity contribution >= 4 is 22.8 Å². The number of nitrogens with zero attached hydrogens (tertiary/aromatic N) is 3. The number of hydrogen-bond donors (Lipinski definition) is 1. The molecule has 0 aliphatic rings. The summed E-state index contributed by atoms with van der Waals surface area (Å²) in [6.07, 6.45) is -1.79. The van der Waals surface area contributed by atoms with Crippen molar-refractivity contribution in [1.29, 1.82) is 0 Å². The highest BCUT2D eigenvalue weighted by Gasteiger charge is 2.30. The monoisotopic (exact) mass is 434 g/mol. The standard InChI is InChI=1S/C24H17F3N4O/c1-15-3-6-18(23(32)30-22-13-19(9-10-28-22)24(25,26)27)12-17(15)7-4-16-5-8-21-20(11-16)29-14-31(21)2/h3,5-6,8-14H,1-2H3,(H,28,30,32). The molecule has 0 atom stereocenters. The Labute approximate surface area is 181 Å². The van der Waals surface area contributed by atoms with Gasteiger partial charge in [-0.1, -0.05) is 17.9 Å². The van der Waals surface area contributed by atoms with Crippen molar-refractivity contribution in [1.82, 2.24) is 14.5 Å². The van der Waals surface area contributed by atoms with Crippen LogP contribution < -0.4 is 5.32 Å². The summed E-state index contributed by atoms with van der Waals surface area (Å²) in [6, 6.07) is 12.3. The maximum atomic E-state index is 12.9. The summed E-state index contributed by atoms with van der Waals surface area (Å²) >= 11 is 0. The third-order valence-electron chi connectivity index (χ3n) is 4.90. The lowest BCUT2D eigenvalue weighted by atomic mass is 10.0. The summed E-state index contributed by atoms with van der Waals surface area (Å²) in [7, 11) is 1.91. The Balaban J connectivity index is 1.57. The zero-order valence-electron chi connectivity index (χ0n) is 17.2. The molecule has 2 heterocycles. The number of carbonyl (C=O) groups excluding carboxylic acids is 1. The minimum atomic E-state index is -4.52. The zero-order valence-corrected chi connectivity index (χ0v) is 17.2. The number of aromatic nitrogens is 3. The van der Waals surface area contributed by atoms with E-state index in [4.69, 9.17) is 0 Å². The first-order valence-corrected chi connectivity index (χ1v) is 9.59. The predicted octanol–water partition coefficient (Wildman–Crippen LogP) is 4.95. The zero-order chi connectivity index (χ0) is 22.9. The summed E-state index contributed by atoms with van der Waals surface area (Å²) in [4.78, 5) is 20.7. The van der Waals surface area contributed by atoms with Crippen LogP contribution in [0.5, 0.6) is 0 Å². The number of anilines is 1. The smallest absolute Gasteiger partial charge is 0.334 e. The molecule has 4 aromatic rings. The van der Waals surface area contributed by atoms with Crippen LogP contribution in [0.4, 0.5) is 19.0 Å². The fraction of sp³-hybridized carbons (Fsp3) is 0.125. The van der Waals surface area contributed by atoms with E-state index in [9.17, 15) is 18.0 Å². The number of halogens is 3. The second kappa shape index (κ2) is 8.19. The highest BCUT2D eigenvalue weighted by Crippen LogP contribution is 2.30. The lowest BCUT2D eigenvalue weighted by molar-refractivity contribution is -0.137. The molecule has 5 nitrogen and oxygen atoms in total. The van der Waals surface area contributed by atoms with Gasteiger partial charge in [0.05, 0.1) is 22.9 Å². The van der Waals surface area contributed by atoms with Gasteiger partial charge in [0.2, 0.25) is 0 Å². The molecule has 2 aromatic heterocycles. The molecular formula is C24H17F3N4O. The Hall–Kier alpha value is -4.12. The molecule has 0 saturated carbocycles. The van der Waals surface area contributed by atoms with Crippen LogP contribution in [-0.4, -0.2) is 20.4 Å². The first kappa shape index (κ1) is 21.1. The van der Waals surface area contributed by atoms with Crippen LogP contribution in [-0.2, 0) is 13.2 Å². The number of fused-ring (bicyclic) bond motifs is 1. The van der Waals surface area contributed by atoms with Crippen molar-refractivity contribution < 1.29 is 18.0 Å². The SMILES string of the molecule is Cc1ccc(C(=O)Nc2cc(C(F)(F)F)ccn2)cc1C#Cc1ccc2c(c1)ncn2C. The average Bonchev–Trinajstić information content (AvgIpc) is 3.13. The largest absolute Gasteiger partial charge is 0.416 e. The summed E-state index contributed by atoms with van der Waals surface area (Å²) in [5.41, 5.74) is 3.48. The fourth-order valence-electron chi connectivity index (χ4n) is 3.11. The highest BCUT2D eigenvalue weighted by atomic mass is 19.4. The van der Waals surface area contributed by atoms with E-state index in [0.717, 1.165) is 40.5 Å². The van der Waals surface area contributed by atoms with Gasteiger partial charge >= 0.3 is 6.18 Å². The molecule has 0 fully saturated rings. The second-order valence-corrected chi connectivity index (χ2v) is 7.22. The van der Waals surface area contributed by atoms with Crippen LogP contribution in [0.2, 0.25) is 0 Å². The molecular weight excluding hydrogens is 417 g/mol. The van der Waals surface area contributed by atoms with E-state index in [-0.39, 0.29) is 11.4 Å². The van der Waals surface area contributed by atoms with Gasteiger partial charge in [0.25, 0.3) is 5.91 Å². The maximum Gasteiger partial charge on any atom is 0.416 e. The van der Waals surface area contributed by atoms with Gasteiger partial charge in [0, 0.05) is 29.9 Å². The molecule has 32 heavy (non-hydrogen) atoms. The number of benzene rings is 2. The van der Waals surface area contributed by atoms with Gasteiger partial charge < -0.3 is 9.88 Å². The van der Waals surface area contributed by atoms with Crippen LogP contribution in [0.25, 0.3) is 11.0 Å². The third-order valence-corrected chi connectivity index (χ3v) is 4.90. The number of rotatable bonds is 2. The fourth-order valence-corrected chi connectivity index (χ4v) is 3.11. The molecule has 2 aromatic carbocycles. The Morgan fingerprint density at radius 1 is 1.03 bits per heavy atom. The Kier molecular flexibility index (Phi) is 5.41. The van der Waals surface area contributed by atoms with Crippen LogP contribution in [0.15, 0.2) is 61.1 Å². The molecule has 8 heteroatoms. The van der Waals surface area contributed by atoms with Crippen molar-refractivity contribution in [3.8, 4) is 11.8 Å². The number of aryl methyl sites for hydroxylation is 2. The summed E-state index contributed by atoms with van der Waals surface area (Å²) in [6.45, 7) is 1.86. The molecule has 0 unspecified atom stereocenters. The number of imidazole rings is 1. The van der Waals surface area contributed by atoms with Crippen molar-refractivity contribution in [3.63, 3.8) is 0 Å². The van der Waals surface area contributed by atoms with E-state index < -0.39 is 17.6 Å². The molecule has 0 radical (unpaired) electrons. The molecule has 1 N–H and O–H groups in total. The molecule has 0 saturated heterocycles. The van der Waals surface area contributed by atoms with Gasteiger partial charge in [-0.3, -0.25) is 4.79 Å². The number of amides is 1. The molecule has 1 amide bonds. The predicted molar refractivity (Wildman–Crippen MR) is 115 cm³/mol. The lowest BCUT2D eigenvalue weighted by Gasteiger charge is -2.09.